The number of fused-ring (bicyclic) bond motifs is 2. The fourth-order valence-corrected chi connectivity index (χ4v) is 1.64. The van der Waals surface area contributed by atoms with Gasteiger partial charge in [0.1, 0.15) is 5.58 Å². The molecule has 3 nitrogen and oxygen atoms in total. The van der Waals surface area contributed by atoms with Gasteiger partial charge >= 0.3 is 5.63 Å². The van der Waals surface area contributed by atoms with E-state index in [4.69, 9.17) is 4.42 Å². The molecule has 0 N–H and O–H groups in total. The van der Waals surface area contributed by atoms with Gasteiger partial charge in [0.05, 0.1) is 5.52 Å². The Morgan fingerprint density at radius 2 is 2.00 bits per heavy atom. The summed E-state index contributed by atoms with van der Waals surface area (Å²) in [4.78, 5) is 15.2. The van der Waals surface area contributed by atoms with Crippen LogP contribution in [0.15, 0.2) is 51.8 Å². The minimum Gasteiger partial charge on any atom is -0.423 e. The summed E-state index contributed by atoms with van der Waals surface area (Å²) in [7, 11) is 0. The van der Waals surface area contributed by atoms with Gasteiger partial charge in [0.25, 0.3) is 0 Å². The van der Waals surface area contributed by atoms with E-state index in [0.29, 0.717) is 5.58 Å². The predicted octanol–water partition coefficient (Wildman–Crippen LogP) is 2.34. The third kappa shape index (κ3) is 1.29. The van der Waals surface area contributed by atoms with E-state index >= 15 is 0 Å². The average molecular weight is 197 g/mol. The van der Waals surface area contributed by atoms with E-state index in [1.54, 1.807) is 18.3 Å². The van der Waals surface area contributed by atoms with Crippen LogP contribution in [-0.2, 0) is 0 Å². The summed E-state index contributed by atoms with van der Waals surface area (Å²) in [6.07, 6.45) is 1.72. The van der Waals surface area contributed by atoms with Crippen LogP contribution in [0.25, 0.3) is 21.9 Å². The van der Waals surface area contributed by atoms with Crippen molar-refractivity contribution in [2.45, 2.75) is 0 Å². The van der Waals surface area contributed by atoms with Crippen LogP contribution in [0.1, 0.15) is 0 Å². The Morgan fingerprint density at radius 3 is 2.93 bits per heavy atom. The lowest BCUT2D eigenvalue weighted by molar-refractivity contribution is 0.561. The Balaban J connectivity index is 2.53. The zero-order chi connectivity index (χ0) is 10.3. The summed E-state index contributed by atoms with van der Waals surface area (Å²) in [5, 5.41) is 1.95. The van der Waals surface area contributed by atoms with Crippen LogP contribution in [0.4, 0.5) is 0 Å². The highest BCUT2D eigenvalue weighted by Gasteiger charge is 2.00. The van der Waals surface area contributed by atoms with Gasteiger partial charge < -0.3 is 4.42 Å². The first-order valence-corrected chi connectivity index (χ1v) is 4.61. The predicted molar refractivity (Wildman–Crippen MR) is 57.8 cm³/mol. The summed E-state index contributed by atoms with van der Waals surface area (Å²) in [6, 6.07) is 10.8. The third-order valence-electron chi connectivity index (χ3n) is 2.34. The molecule has 0 saturated carbocycles. The zero-order valence-electron chi connectivity index (χ0n) is 7.81. The number of rotatable bonds is 0. The topological polar surface area (TPSA) is 43.1 Å². The summed E-state index contributed by atoms with van der Waals surface area (Å²) < 4.78 is 5.07. The van der Waals surface area contributed by atoms with Crippen molar-refractivity contribution in [3.05, 3.63) is 53.0 Å². The van der Waals surface area contributed by atoms with Gasteiger partial charge in [-0.2, -0.15) is 0 Å². The normalized spacial score (nSPS) is 10.9. The molecule has 0 bridgehead atoms. The molecule has 0 unspecified atom stereocenters. The van der Waals surface area contributed by atoms with Gasteiger partial charge in [-0.3, -0.25) is 4.98 Å². The molecule has 3 heteroatoms. The van der Waals surface area contributed by atoms with Gasteiger partial charge in [0.2, 0.25) is 0 Å². The fourth-order valence-electron chi connectivity index (χ4n) is 1.64. The minimum absolute atomic E-state index is 0.335. The Kier molecular flexibility index (Phi) is 1.59. The van der Waals surface area contributed by atoms with Crippen LogP contribution in [-0.4, -0.2) is 4.98 Å². The van der Waals surface area contributed by atoms with E-state index in [9.17, 15) is 4.79 Å². The Morgan fingerprint density at radius 1 is 1.07 bits per heavy atom. The molecule has 0 amide bonds. The van der Waals surface area contributed by atoms with E-state index in [1.165, 1.54) is 6.07 Å². The van der Waals surface area contributed by atoms with Crippen molar-refractivity contribution in [3.8, 4) is 0 Å². The van der Waals surface area contributed by atoms with E-state index < -0.39 is 0 Å². The second kappa shape index (κ2) is 2.92. The molecule has 72 valence electrons. The van der Waals surface area contributed by atoms with E-state index in [-0.39, 0.29) is 5.63 Å². The van der Waals surface area contributed by atoms with Crippen LogP contribution >= 0.6 is 0 Å². The molecule has 0 fully saturated rings. The molecular formula is C12H7NO2. The highest BCUT2D eigenvalue weighted by atomic mass is 16.4. The van der Waals surface area contributed by atoms with Gasteiger partial charge in [-0.05, 0) is 18.2 Å². The molecule has 0 spiro atoms. The quantitative estimate of drug-likeness (QED) is 0.410. The lowest BCUT2D eigenvalue weighted by Gasteiger charge is -1.98. The molecule has 0 aliphatic rings. The summed E-state index contributed by atoms with van der Waals surface area (Å²) in [5.74, 6) is 0. The van der Waals surface area contributed by atoms with Crippen molar-refractivity contribution in [2.24, 2.45) is 0 Å². The minimum atomic E-state index is -0.335. The van der Waals surface area contributed by atoms with Crippen molar-refractivity contribution in [1.29, 1.82) is 0 Å². The van der Waals surface area contributed by atoms with Crippen molar-refractivity contribution in [2.75, 3.05) is 0 Å². The lowest BCUT2D eigenvalue weighted by atomic mass is 10.1. The van der Waals surface area contributed by atoms with Crippen LogP contribution in [0.3, 0.4) is 0 Å². The van der Waals surface area contributed by atoms with Crippen molar-refractivity contribution < 1.29 is 4.42 Å². The molecule has 0 radical (unpaired) electrons. The molecule has 2 heterocycles. The lowest BCUT2D eigenvalue weighted by Crippen LogP contribution is -1.94. The highest BCUT2D eigenvalue weighted by molar-refractivity contribution is 5.93. The van der Waals surface area contributed by atoms with Gasteiger partial charge in [-0.15, -0.1) is 0 Å². The zero-order valence-corrected chi connectivity index (χ0v) is 7.81. The monoisotopic (exact) mass is 197 g/mol. The molecule has 15 heavy (non-hydrogen) atoms. The first kappa shape index (κ1) is 8.17. The van der Waals surface area contributed by atoms with Gasteiger partial charge in [0.15, 0.2) is 0 Å². The number of nitrogens with zero attached hydrogens (tertiary/aromatic N) is 1. The second-order valence-corrected chi connectivity index (χ2v) is 3.34. The number of hydrogen-bond acceptors (Lipinski definition) is 3. The van der Waals surface area contributed by atoms with E-state index in [2.05, 4.69) is 4.98 Å². The summed E-state index contributed by atoms with van der Waals surface area (Å²) >= 11 is 0. The molecular weight excluding hydrogens is 190 g/mol. The van der Waals surface area contributed by atoms with Crippen molar-refractivity contribution in [3.63, 3.8) is 0 Å². The molecule has 0 aliphatic carbocycles. The Hall–Kier alpha value is -2.16. The molecule has 0 atom stereocenters. The number of aromatic nitrogens is 1. The maximum Gasteiger partial charge on any atom is 0.336 e. The smallest absolute Gasteiger partial charge is 0.336 e. The number of hydrogen-bond donors (Lipinski definition) is 0. The summed E-state index contributed by atoms with van der Waals surface area (Å²) in [5.41, 5.74) is 1.07. The van der Waals surface area contributed by atoms with Crippen molar-refractivity contribution in [1.82, 2.24) is 4.98 Å². The van der Waals surface area contributed by atoms with Crippen LogP contribution in [0.2, 0.25) is 0 Å². The Bertz CT molecular complexity index is 700. The Labute approximate surface area is 85.0 Å². The van der Waals surface area contributed by atoms with E-state index in [0.717, 1.165) is 16.3 Å². The third-order valence-corrected chi connectivity index (χ3v) is 2.34. The SMILES string of the molecule is O=c1ccc2cc3cccnc3cc2o1. The van der Waals surface area contributed by atoms with Crippen molar-refractivity contribution >= 4 is 21.9 Å². The van der Waals surface area contributed by atoms with E-state index in [1.807, 2.05) is 18.2 Å². The van der Waals surface area contributed by atoms with Crippen LogP contribution in [0, 0.1) is 0 Å². The molecule has 3 rings (SSSR count). The molecule has 0 aliphatic heterocycles. The largest absolute Gasteiger partial charge is 0.423 e. The van der Waals surface area contributed by atoms with Crippen LogP contribution < -0.4 is 5.63 Å². The first-order valence-electron chi connectivity index (χ1n) is 4.61. The number of pyridine rings is 1. The van der Waals surface area contributed by atoms with Crippen LogP contribution in [0.5, 0.6) is 0 Å². The number of benzene rings is 1. The average Bonchev–Trinajstić information content (AvgIpc) is 2.26. The standard InChI is InChI=1S/C12H7NO2/c14-12-4-3-9-6-8-2-1-5-13-10(8)7-11(9)15-12/h1-7H. The maximum absolute atomic E-state index is 11.0. The first-order chi connectivity index (χ1) is 7.33. The fraction of sp³-hybridized carbons (Fsp3) is 0. The molecule has 0 saturated heterocycles. The van der Waals surface area contributed by atoms with Gasteiger partial charge in [-0.1, -0.05) is 6.07 Å². The van der Waals surface area contributed by atoms with Gasteiger partial charge in [0, 0.05) is 29.1 Å². The molecule has 3 aromatic rings. The maximum atomic E-state index is 11.0. The molecule has 2 aromatic heterocycles. The van der Waals surface area contributed by atoms with Gasteiger partial charge in [-0.25, -0.2) is 4.79 Å². The second-order valence-electron chi connectivity index (χ2n) is 3.34. The summed E-state index contributed by atoms with van der Waals surface area (Å²) in [6.45, 7) is 0. The highest BCUT2D eigenvalue weighted by Crippen LogP contribution is 2.19. The molecule has 1 aromatic carbocycles.